The van der Waals surface area contributed by atoms with Gasteiger partial charge in [-0.05, 0) is 35.6 Å². The van der Waals surface area contributed by atoms with E-state index in [-0.39, 0.29) is 11.3 Å². The molecule has 1 atom stereocenters. The molecule has 5 rings (SSSR count). The molecule has 0 spiro atoms. The van der Waals surface area contributed by atoms with Crippen molar-refractivity contribution in [2.45, 2.75) is 12.5 Å². The van der Waals surface area contributed by atoms with E-state index in [0.717, 1.165) is 25.0 Å². The molecule has 0 radical (unpaired) electrons. The third kappa shape index (κ3) is 5.05. The largest absolute Gasteiger partial charge is 0.868 e. The summed E-state index contributed by atoms with van der Waals surface area (Å²) in [6.45, 7) is 4.31. The van der Waals surface area contributed by atoms with Gasteiger partial charge in [-0.3, -0.25) is 9.59 Å². The van der Waals surface area contributed by atoms with Crippen LogP contribution in [-0.4, -0.2) is 77.3 Å². The molecule has 39 heavy (non-hydrogen) atoms. The van der Waals surface area contributed by atoms with Gasteiger partial charge in [0.1, 0.15) is 18.7 Å². The van der Waals surface area contributed by atoms with Crippen molar-refractivity contribution in [2.75, 3.05) is 60.7 Å². The number of carbonyl (C=O) groups excluding carboxylic acids is 2. The molecule has 1 N–H and O–H groups in total. The van der Waals surface area contributed by atoms with Crippen molar-refractivity contribution in [3.63, 3.8) is 0 Å². The lowest BCUT2D eigenvalue weighted by Crippen LogP contribution is -3.14. The molecule has 1 saturated heterocycles. The van der Waals surface area contributed by atoms with Gasteiger partial charge in [0.25, 0.3) is 0 Å². The molecule has 2 aliphatic heterocycles. The van der Waals surface area contributed by atoms with Gasteiger partial charge in [-0.15, -0.1) is 0 Å². The molecule has 0 aliphatic carbocycles. The smallest absolute Gasteiger partial charge is 0.239 e. The second-order valence-corrected chi connectivity index (χ2v) is 9.55. The highest BCUT2D eigenvalue weighted by molar-refractivity contribution is 6.15. The number of methoxy groups -OCH3 is 3. The number of amides is 1. The minimum Gasteiger partial charge on any atom is -0.868 e. The average Bonchev–Trinajstić information content (AvgIpc) is 3.51. The summed E-state index contributed by atoms with van der Waals surface area (Å²) in [5.74, 6) is -1.09. The molecular formula is C29H32N2O8. The highest BCUT2D eigenvalue weighted by Crippen LogP contribution is 2.45. The lowest BCUT2D eigenvalue weighted by Gasteiger charge is -2.29. The van der Waals surface area contributed by atoms with Crippen molar-refractivity contribution in [2.24, 2.45) is 0 Å². The molecule has 206 valence electrons. The number of hydrogen-bond donors (Lipinski definition) is 1. The molecule has 1 aromatic heterocycles. The topological polar surface area (TPSA) is 115 Å². The Balaban J connectivity index is 1.54. The molecule has 10 heteroatoms. The lowest BCUT2D eigenvalue weighted by atomic mass is 9.94. The van der Waals surface area contributed by atoms with Gasteiger partial charge in [-0.2, -0.15) is 0 Å². The number of ketones is 1. The SMILES string of the molecule is COc1cc(C2C(C(=O)c3cc4ccccc4o3)=C([O-])C(=O)N2CCC[NH+]2CCOCC2)cc(OC)c1OC. The maximum Gasteiger partial charge on any atom is 0.239 e. The fourth-order valence-corrected chi connectivity index (χ4v) is 5.34. The van der Waals surface area contributed by atoms with E-state index in [1.807, 2.05) is 12.1 Å². The van der Waals surface area contributed by atoms with E-state index in [9.17, 15) is 14.7 Å². The maximum absolute atomic E-state index is 13.8. The van der Waals surface area contributed by atoms with Crippen LogP contribution < -0.4 is 24.2 Å². The van der Waals surface area contributed by atoms with Crippen LogP contribution in [0.2, 0.25) is 0 Å². The number of Topliss-reactive ketones (excluding diaryl/α,β-unsaturated/α-hetero) is 1. The Morgan fingerprint density at radius 1 is 1.05 bits per heavy atom. The predicted molar refractivity (Wildman–Crippen MR) is 139 cm³/mol. The monoisotopic (exact) mass is 536 g/mol. The number of carbonyl (C=O) groups is 2. The van der Waals surface area contributed by atoms with Gasteiger partial charge in [0.15, 0.2) is 17.3 Å². The number of furan rings is 1. The number of quaternary nitrogens is 1. The molecule has 10 nitrogen and oxygen atoms in total. The summed E-state index contributed by atoms with van der Waals surface area (Å²) < 4.78 is 27.7. The first kappa shape index (κ1) is 26.6. The van der Waals surface area contributed by atoms with Crippen LogP contribution in [0.4, 0.5) is 0 Å². The quantitative estimate of drug-likeness (QED) is 0.384. The highest BCUT2D eigenvalue weighted by Gasteiger charge is 2.41. The Morgan fingerprint density at radius 2 is 1.74 bits per heavy atom. The fraction of sp³-hybridized carbons (Fsp3) is 0.379. The zero-order chi connectivity index (χ0) is 27.5. The third-order valence-electron chi connectivity index (χ3n) is 7.31. The number of fused-ring (bicyclic) bond motifs is 1. The molecule has 1 fully saturated rings. The molecule has 1 amide bonds. The molecule has 3 heterocycles. The molecule has 0 bridgehead atoms. The second kappa shape index (κ2) is 11.4. The van der Waals surface area contributed by atoms with Gasteiger partial charge in [-0.25, -0.2) is 0 Å². The zero-order valence-electron chi connectivity index (χ0n) is 22.3. The highest BCUT2D eigenvalue weighted by atomic mass is 16.5. The van der Waals surface area contributed by atoms with Crippen LogP contribution in [0, 0.1) is 0 Å². The Hall–Kier alpha value is -4.02. The summed E-state index contributed by atoms with van der Waals surface area (Å²) in [4.78, 5) is 30.1. The van der Waals surface area contributed by atoms with Gasteiger partial charge in [-0.1, -0.05) is 18.2 Å². The number of ether oxygens (including phenoxy) is 4. The van der Waals surface area contributed by atoms with Gasteiger partial charge in [0.2, 0.25) is 17.4 Å². The third-order valence-corrected chi connectivity index (χ3v) is 7.31. The van der Waals surface area contributed by atoms with Gasteiger partial charge >= 0.3 is 0 Å². The Kier molecular flexibility index (Phi) is 7.76. The fourth-order valence-electron chi connectivity index (χ4n) is 5.34. The van der Waals surface area contributed by atoms with Crippen LogP contribution in [0.3, 0.4) is 0 Å². The molecular weight excluding hydrogens is 504 g/mol. The van der Waals surface area contributed by atoms with Crippen LogP contribution in [0.5, 0.6) is 17.2 Å². The number of morpholine rings is 1. The number of rotatable bonds is 10. The number of nitrogens with zero attached hydrogens (tertiary/aromatic N) is 1. The summed E-state index contributed by atoms with van der Waals surface area (Å²) in [6, 6.07) is 11.2. The maximum atomic E-state index is 13.8. The zero-order valence-corrected chi connectivity index (χ0v) is 22.3. The predicted octanol–water partition coefficient (Wildman–Crippen LogP) is 1.14. The first-order chi connectivity index (χ1) is 19.0. The molecule has 2 aliphatic rings. The van der Waals surface area contributed by atoms with E-state index < -0.39 is 23.5 Å². The molecule has 1 unspecified atom stereocenters. The number of hydrogen-bond acceptors (Lipinski definition) is 8. The minimum absolute atomic E-state index is 0.00408. The van der Waals surface area contributed by atoms with Crippen LogP contribution in [0.15, 0.2) is 58.2 Å². The second-order valence-electron chi connectivity index (χ2n) is 9.55. The first-order valence-corrected chi connectivity index (χ1v) is 12.9. The van der Waals surface area contributed by atoms with Crippen LogP contribution >= 0.6 is 0 Å². The van der Waals surface area contributed by atoms with Gasteiger partial charge in [0.05, 0.1) is 47.1 Å². The summed E-state index contributed by atoms with van der Waals surface area (Å²) in [6.07, 6.45) is 0.654. The first-order valence-electron chi connectivity index (χ1n) is 12.9. The lowest BCUT2D eigenvalue weighted by molar-refractivity contribution is -0.908. The van der Waals surface area contributed by atoms with Crippen molar-refractivity contribution in [3.8, 4) is 17.2 Å². The van der Waals surface area contributed by atoms with E-state index in [4.69, 9.17) is 23.4 Å². The van der Waals surface area contributed by atoms with E-state index in [2.05, 4.69) is 0 Å². The van der Waals surface area contributed by atoms with E-state index in [1.165, 1.54) is 31.1 Å². The number of nitrogens with one attached hydrogen (secondary N) is 1. The summed E-state index contributed by atoms with van der Waals surface area (Å²) in [5, 5.41) is 14.2. The van der Waals surface area contributed by atoms with E-state index >= 15 is 0 Å². The average molecular weight is 537 g/mol. The van der Waals surface area contributed by atoms with Crippen molar-refractivity contribution in [1.29, 1.82) is 0 Å². The van der Waals surface area contributed by atoms with Crippen molar-refractivity contribution in [1.82, 2.24) is 4.90 Å². The van der Waals surface area contributed by atoms with E-state index in [0.29, 0.717) is 54.6 Å². The number of para-hydroxylation sites is 1. The number of benzene rings is 2. The molecule has 3 aromatic rings. The van der Waals surface area contributed by atoms with Gasteiger partial charge < -0.3 is 38.3 Å². The Morgan fingerprint density at radius 3 is 2.38 bits per heavy atom. The van der Waals surface area contributed by atoms with E-state index in [1.54, 1.807) is 30.3 Å². The van der Waals surface area contributed by atoms with Crippen LogP contribution in [0.25, 0.3) is 11.0 Å². The van der Waals surface area contributed by atoms with Crippen molar-refractivity contribution >= 4 is 22.7 Å². The standard InChI is InChI=1S/C29H32N2O8/c1-35-22-16-19(17-23(36-2)28(22)37-3)25-24(26(32)21-15-18-7-4-5-8-20(18)39-21)27(33)29(34)31(25)10-6-9-30-11-13-38-14-12-30/h4-5,7-8,15-17,25,33H,6,9-14H2,1-3H3. The molecule has 2 aromatic carbocycles. The van der Waals surface area contributed by atoms with Crippen molar-refractivity contribution in [3.05, 3.63) is 65.1 Å². The summed E-state index contributed by atoms with van der Waals surface area (Å²) in [5.41, 5.74) is 0.863. The van der Waals surface area contributed by atoms with Gasteiger partial charge in [0, 0.05) is 23.9 Å². The summed E-state index contributed by atoms with van der Waals surface area (Å²) in [7, 11) is 4.46. The molecule has 0 saturated carbocycles. The summed E-state index contributed by atoms with van der Waals surface area (Å²) >= 11 is 0. The van der Waals surface area contributed by atoms with Crippen LogP contribution in [0.1, 0.15) is 28.6 Å². The Labute approximate surface area is 226 Å². The normalized spacial score (nSPS) is 18.2. The van der Waals surface area contributed by atoms with Crippen LogP contribution in [-0.2, 0) is 9.53 Å². The Bertz CT molecular complexity index is 1350. The minimum atomic E-state index is -0.945. The van der Waals surface area contributed by atoms with Crippen molar-refractivity contribution < 1.29 is 43.0 Å².